The van der Waals surface area contributed by atoms with E-state index in [1.807, 2.05) is 0 Å². The predicted octanol–water partition coefficient (Wildman–Crippen LogP) is 1.41. The number of hydrogen-bond acceptors (Lipinski definition) is 5. The maximum atomic E-state index is 12.0. The highest BCUT2D eigenvalue weighted by atomic mass is 16.5. The highest BCUT2D eigenvalue weighted by Crippen LogP contribution is 2.20. The van der Waals surface area contributed by atoms with Crippen LogP contribution in [0.25, 0.3) is 10.9 Å². The lowest BCUT2D eigenvalue weighted by atomic mass is 10.0. The fourth-order valence-electron chi connectivity index (χ4n) is 1.87. The van der Waals surface area contributed by atoms with Gasteiger partial charge in [0.05, 0.1) is 17.7 Å². The molecule has 0 bridgehead atoms. The van der Waals surface area contributed by atoms with E-state index in [2.05, 4.69) is 0 Å². The molecule has 0 radical (unpaired) electrons. The van der Waals surface area contributed by atoms with Gasteiger partial charge in [-0.3, -0.25) is 5.41 Å². The number of pyridine rings is 1. The van der Waals surface area contributed by atoms with E-state index in [1.54, 1.807) is 37.3 Å². The Hall–Kier alpha value is -2.81. The summed E-state index contributed by atoms with van der Waals surface area (Å²) in [5.41, 5.74) is -0.367. The second-order valence-corrected chi connectivity index (χ2v) is 3.76. The summed E-state index contributed by atoms with van der Waals surface area (Å²) >= 11 is 0. The smallest absolute Gasteiger partial charge is 0.340 e. The maximum absolute atomic E-state index is 12.0. The molecule has 0 aliphatic carbocycles. The third kappa shape index (κ3) is 1.91. The number of ether oxygens (including phenoxy) is 1. The molecule has 0 saturated carbocycles. The molecule has 1 aromatic heterocycles. The molecular weight excluding hydrogens is 246 g/mol. The van der Waals surface area contributed by atoms with Crippen molar-refractivity contribution in [2.45, 2.75) is 6.92 Å². The number of nitriles is 1. The number of aromatic nitrogens is 1. The molecule has 0 aliphatic heterocycles. The van der Waals surface area contributed by atoms with Crippen molar-refractivity contribution in [1.29, 1.82) is 10.7 Å². The Labute approximate surface area is 108 Å². The molecule has 0 aliphatic rings. The van der Waals surface area contributed by atoms with Gasteiger partial charge >= 0.3 is 5.97 Å². The predicted molar refractivity (Wildman–Crippen MR) is 65.6 cm³/mol. The van der Waals surface area contributed by atoms with Gasteiger partial charge in [-0.15, -0.1) is 0 Å². The second-order valence-electron chi connectivity index (χ2n) is 3.76. The number of benzene rings is 1. The van der Waals surface area contributed by atoms with Crippen LogP contribution in [0.5, 0.6) is 0 Å². The number of rotatable bonds is 2. The van der Waals surface area contributed by atoms with Crippen molar-refractivity contribution in [1.82, 2.24) is 4.73 Å². The van der Waals surface area contributed by atoms with Crippen LogP contribution in [0.2, 0.25) is 0 Å². The van der Waals surface area contributed by atoms with E-state index in [0.717, 1.165) is 0 Å². The molecular formula is C13H11N3O3. The van der Waals surface area contributed by atoms with Crippen LogP contribution in [-0.2, 0) is 4.74 Å². The number of esters is 1. The van der Waals surface area contributed by atoms with E-state index in [-0.39, 0.29) is 23.3 Å². The van der Waals surface area contributed by atoms with Crippen molar-refractivity contribution in [2.75, 3.05) is 6.61 Å². The maximum Gasteiger partial charge on any atom is 0.340 e. The number of nitrogens with zero attached hydrogens (tertiary/aromatic N) is 2. The number of carbonyl (C=O) groups excluding carboxylic acids is 1. The minimum absolute atomic E-state index is 0.00949. The molecule has 6 nitrogen and oxygen atoms in total. The highest BCUT2D eigenvalue weighted by molar-refractivity contribution is 6.05. The van der Waals surface area contributed by atoms with Gasteiger partial charge in [0.15, 0.2) is 5.49 Å². The quantitative estimate of drug-likeness (QED) is 0.627. The molecule has 1 aromatic carbocycles. The second kappa shape index (κ2) is 4.82. The standard InChI is InChI=1S/C13H11N3O3/c1-2-19-13(17)11-8-5-3-4-6-10(8)16(18)12(15)9(11)7-14/h3-6,15,18H,2H2,1H3. The van der Waals surface area contributed by atoms with Crippen molar-refractivity contribution < 1.29 is 14.7 Å². The number of nitrogens with one attached hydrogen (secondary N) is 1. The lowest BCUT2D eigenvalue weighted by Crippen LogP contribution is -2.25. The minimum Gasteiger partial charge on any atom is -0.462 e. The topological polar surface area (TPSA) is 99.1 Å². The van der Waals surface area contributed by atoms with E-state index >= 15 is 0 Å². The van der Waals surface area contributed by atoms with Gasteiger partial charge in [-0.2, -0.15) is 9.99 Å². The number of fused-ring (bicyclic) bond motifs is 1. The van der Waals surface area contributed by atoms with Crippen LogP contribution in [0.4, 0.5) is 0 Å². The fraction of sp³-hybridized carbons (Fsp3) is 0.154. The van der Waals surface area contributed by atoms with Crippen molar-refractivity contribution in [3.8, 4) is 6.07 Å². The molecule has 0 spiro atoms. The van der Waals surface area contributed by atoms with Gasteiger partial charge in [-0.1, -0.05) is 18.2 Å². The Bertz CT molecular complexity index is 756. The van der Waals surface area contributed by atoms with Gasteiger partial charge < -0.3 is 9.94 Å². The first kappa shape index (κ1) is 12.6. The van der Waals surface area contributed by atoms with Gasteiger partial charge in [0.25, 0.3) is 0 Å². The molecule has 6 heteroatoms. The fourth-order valence-corrected chi connectivity index (χ4v) is 1.87. The van der Waals surface area contributed by atoms with Crippen LogP contribution in [0.3, 0.4) is 0 Å². The molecule has 0 amide bonds. The molecule has 19 heavy (non-hydrogen) atoms. The number of hydrogen-bond donors (Lipinski definition) is 2. The lowest BCUT2D eigenvalue weighted by molar-refractivity contribution is 0.0527. The summed E-state index contributed by atoms with van der Waals surface area (Å²) in [6.07, 6.45) is 0. The first-order chi connectivity index (χ1) is 9.11. The third-order valence-corrected chi connectivity index (χ3v) is 2.69. The van der Waals surface area contributed by atoms with Gasteiger partial charge in [0, 0.05) is 5.39 Å². The summed E-state index contributed by atoms with van der Waals surface area (Å²) in [5.74, 6) is -0.677. The Kier molecular flexibility index (Phi) is 3.21. The van der Waals surface area contributed by atoms with E-state index < -0.39 is 11.5 Å². The van der Waals surface area contributed by atoms with Crippen LogP contribution in [0, 0.1) is 16.7 Å². The SMILES string of the molecule is CCOC(=O)c1c(C#N)c(=N)n(O)c2ccccc12. The van der Waals surface area contributed by atoms with Crippen molar-refractivity contribution >= 4 is 16.9 Å². The van der Waals surface area contributed by atoms with Crippen LogP contribution in [-0.4, -0.2) is 22.5 Å². The highest BCUT2D eigenvalue weighted by Gasteiger charge is 2.20. The minimum atomic E-state index is -0.677. The molecule has 2 N–H and O–H groups in total. The average molecular weight is 257 g/mol. The first-order valence-electron chi connectivity index (χ1n) is 5.60. The normalized spacial score (nSPS) is 10.1. The summed E-state index contributed by atoms with van der Waals surface area (Å²) < 4.78 is 5.49. The van der Waals surface area contributed by atoms with Gasteiger partial charge in [-0.25, -0.2) is 4.79 Å². The largest absolute Gasteiger partial charge is 0.462 e. The van der Waals surface area contributed by atoms with Gasteiger partial charge in [0.1, 0.15) is 11.6 Å². The molecule has 0 saturated heterocycles. The molecule has 2 aromatic rings. The zero-order valence-electron chi connectivity index (χ0n) is 10.2. The van der Waals surface area contributed by atoms with E-state index in [9.17, 15) is 10.0 Å². The Morgan fingerprint density at radius 1 is 1.53 bits per heavy atom. The average Bonchev–Trinajstić information content (AvgIpc) is 2.42. The van der Waals surface area contributed by atoms with E-state index in [4.69, 9.17) is 15.4 Å². The van der Waals surface area contributed by atoms with E-state index in [0.29, 0.717) is 10.1 Å². The van der Waals surface area contributed by atoms with Crippen LogP contribution >= 0.6 is 0 Å². The number of para-hydroxylation sites is 1. The number of carbonyl (C=O) groups is 1. The zero-order valence-corrected chi connectivity index (χ0v) is 10.2. The van der Waals surface area contributed by atoms with Crippen molar-refractivity contribution in [3.05, 3.63) is 40.9 Å². The molecule has 0 unspecified atom stereocenters. The first-order valence-corrected chi connectivity index (χ1v) is 5.60. The Morgan fingerprint density at radius 3 is 2.84 bits per heavy atom. The monoisotopic (exact) mass is 257 g/mol. The summed E-state index contributed by atoms with van der Waals surface area (Å²) in [6.45, 7) is 1.82. The van der Waals surface area contributed by atoms with Crippen LogP contribution in [0.1, 0.15) is 22.8 Å². The van der Waals surface area contributed by atoms with Gasteiger partial charge in [-0.05, 0) is 13.0 Å². The molecule has 96 valence electrons. The Balaban J connectivity index is 2.95. The van der Waals surface area contributed by atoms with Crippen molar-refractivity contribution in [3.63, 3.8) is 0 Å². The van der Waals surface area contributed by atoms with E-state index in [1.165, 1.54) is 0 Å². The molecule has 0 fully saturated rings. The van der Waals surface area contributed by atoms with Gasteiger partial charge in [0.2, 0.25) is 0 Å². The molecule has 1 heterocycles. The van der Waals surface area contributed by atoms with Crippen LogP contribution < -0.4 is 5.49 Å². The summed E-state index contributed by atoms with van der Waals surface area (Å²) in [7, 11) is 0. The summed E-state index contributed by atoms with van der Waals surface area (Å²) in [4.78, 5) is 12.0. The zero-order chi connectivity index (χ0) is 14.0. The lowest BCUT2D eigenvalue weighted by Gasteiger charge is -2.11. The third-order valence-electron chi connectivity index (χ3n) is 2.69. The summed E-state index contributed by atoms with van der Waals surface area (Å²) in [6, 6.07) is 8.25. The van der Waals surface area contributed by atoms with Crippen molar-refractivity contribution in [2.24, 2.45) is 0 Å². The Morgan fingerprint density at radius 2 is 2.21 bits per heavy atom. The summed E-state index contributed by atoms with van der Waals surface area (Å²) in [5, 5.41) is 27.0. The molecule has 2 rings (SSSR count). The molecule has 0 atom stereocenters. The van der Waals surface area contributed by atoms with Crippen LogP contribution in [0.15, 0.2) is 24.3 Å².